The van der Waals surface area contributed by atoms with Crippen LogP contribution >= 0.6 is 0 Å². The van der Waals surface area contributed by atoms with Crippen LogP contribution in [0.25, 0.3) is 0 Å². The Morgan fingerprint density at radius 2 is 1.31 bits per heavy atom. The van der Waals surface area contributed by atoms with Gasteiger partial charge in [0, 0.05) is 12.8 Å². The smallest absolute Gasteiger partial charge is 0.224 e. The zero-order chi connectivity index (χ0) is 12.0. The predicted molar refractivity (Wildman–Crippen MR) is 64.3 cm³/mol. The van der Waals surface area contributed by atoms with Gasteiger partial charge in [0.15, 0.2) is 0 Å². The molecule has 1 aromatic rings. The first-order valence-electron chi connectivity index (χ1n) is 5.36. The van der Waals surface area contributed by atoms with Crippen LogP contribution in [0.3, 0.4) is 0 Å². The zero-order valence-corrected chi connectivity index (χ0v) is 9.54. The lowest BCUT2D eigenvalue weighted by molar-refractivity contribution is -0.116. The zero-order valence-electron chi connectivity index (χ0n) is 9.54. The van der Waals surface area contributed by atoms with Crippen molar-refractivity contribution in [2.45, 2.75) is 26.7 Å². The summed E-state index contributed by atoms with van der Waals surface area (Å²) in [4.78, 5) is 22.5. The van der Waals surface area contributed by atoms with E-state index in [0.717, 1.165) is 0 Å². The van der Waals surface area contributed by atoms with Crippen molar-refractivity contribution in [1.29, 1.82) is 0 Å². The van der Waals surface area contributed by atoms with Crippen molar-refractivity contribution in [2.24, 2.45) is 0 Å². The molecule has 0 spiro atoms. The van der Waals surface area contributed by atoms with E-state index in [2.05, 4.69) is 10.6 Å². The number of nitrogens with one attached hydrogen (secondary N) is 2. The number of hydrogen-bond acceptors (Lipinski definition) is 2. The summed E-state index contributed by atoms with van der Waals surface area (Å²) < 4.78 is 0. The number of benzene rings is 1. The van der Waals surface area contributed by atoms with Crippen LogP contribution in [-0.4, -0.2) is 11.8 Å². The molecule has 0 unspecified atom stereocenters. The summed E-state index contributed by atoms with van der Waals surface area (Å²) in [5.74, 6) is -0.142. The largest absolute Gasteiger partial charge is 0.324 e. The summed E-state index contributed by atoms with van der Waals surface area (Å²) in [6.07, 6.45) is 0.826. The summed E-state index contributed by atoms with van der Waals surface area (Å²) in [7, 11) is 0. The number of rotatable bonds is 4. The topological polar surface area (TPSA) is 58.2 Å². The Bertz CT molecular complexity index is 351. The Morgan fingerprint density at radius 1 is 0.938 bits per heavy atom. The van der Waals surface area contributed by atoms with E-state index in [9.17, 15) is 9.59 Å². The highest BCUT2D eigenvalue weighted by atomic mass is 16.2. The van der Waals surface area contributed by atoms with E-state index >= 15 is 0 Å². The van der Waals surface area contributed by atoms with Crippen molar-refractivity contribution in [3.63, 3.8) is 0 Å². The summed E-state index contributed by atoms with van der Waals surface area (Å²) in [5, 5.41) is 5.47. The van der Waals surface area contributed by atoms with Crippen molar-refractivity contribution < 1.29 is 9.59 Å². The maximum atomic E-state index is 11.3. The first kappa shape index (κ1) is 12.2. The van der Waals surface area contributed by atoms with E-state index < -0.39 is 0 Å². The molecular formula is C12H16N2O2. The predicted octanol–water partition coefficient (Wildman–Crippen LogP) is 2.38. The molecule has 0 saturated heterocycles. The number of para-hydroxylation sites is 2. The first-order chi connectivity index (χ1) is 7.67. The molecule has 1 aromatic carbocycles. The first-order valence-corrected chi connectivity index (χ1v) is 5.36. The molecule has 16 heavy (non-hydrogen) atoms. The normalized spacial score (nSPS) is 9.62. The third kappa shape index (κ3) is 3.38. The molecular weight excluding hydrogens is 204 g/mol. The second-order valence-electron chi connectivity index (χ2n) is 3.35. The van der Waals surface area contributed by atoms with Gasteiger partial charge in [0.05, 0.1) is 11.4 Å². The van der Waals surface area contributed by atoms with Crippen molar-refractivity contribution in [3.8, 4) is 0 Å². The van der Waals surface area contributed by atoms with Gasteiger partial charge in [-0.15, -0.1) is 0 Å². The summed E-state index contributed by atoms with van der Waals surface area (Å²) in [5.41, 5.74) is 1.27. The summed E-state index contributed by atoms with van der Waals surface area (Å²) in [6, 6.07) is 7.15. The fraction of sp³-hybridized carbons (Fsp3) is 0.333. The summed E-state index contributed by atoms with van der Waals surface area (Å²) in [6.45, 7) is 3.56. The van der Waals surface area contributed by atoms with Gasteiger partial charge in [0.25, 0.3) is 0 Å². The van der Waals surface area contributed by atoms with Gasteiger partial charge in [-0.25, -0.2) is 0 Å². The fourth-order valence-electron chi connectivity index (χ4n) is 1.18. The lowest BCUT2D eigenvalue weighted by atomic mass is 10.2. The van der Waals surface area contributed by atoms with Crippen LogP contribution in [0.5, 0.6) is 0 Å². The number of anilines is 2. The van der Waals surface area contributed by atoms with Gasteiger partial charge in [0.2, 0.25) is 11.8 Å². The van der Waals surface area contributed by atoms with Crippen LogP contribution < -0.4 is 10.6 Å². The molecule has 4 nitrogen and oxygen atoms in total. The molecule has 0 heterocycles. The van der Waals surface area contributed by atoms with Crippen molar-refractivity contribution in [3.05, 3.63) is 24.3 Å². The maximum absolute atomic E-state index is 11.3. The Kier molecular flexibility index (Phi) is 4.51. The standard InChI is InChI=1S/C12H16N2O2/c1-3-11(15)13-9-7-5-6-8-10(9)14-12(16)4-2/h5-8H,3-4H2,1-2H3,(H,13,15)(H,14,16). The number of amides is 2. The Morgan fingerprint density at radius 3 is 1.62 bits per heavy atom. The second-order valence-corrected chi connectivity index (χ2v) is 3.35. The quantitative estimate of drug-likeness (QED) is 0.818. The van der Waals surface area contributed by atoms with Crippen molar-refractivity contribution in [2.75, 3.05) is 10.6 Å². The van der Waals surface area contributed by atoms with E-state index in [1.54, 1.807) is 26.0 Å². The van der Waals surface area contributed by atoms with Gasteiger partial charge in [-0.1, -0.05) is 26.0 Å². The highest BCUT2D eigenvalue weighted by Crippen LogP contribution is 2.21. The SMILES string of the molecule is CCC(=O)Nc1ccccc1NC(=O)CC. The minimum Gasteiger partial charge on any atom is -0.324 e. The van der Waals surface area contributed by atoms with Gasteiger partial charge in [0.1, 0.15) is 0 Å². The van der Waals surface area contributed by atoms with Crippen molar-refractivity contribution >= 4 is 23.2 Å². The average Bonchev–Trinajstić information content (AvgIpc) is 2.31. The molecule has 0 atom stereocenters. The maximum Gasteiger partial charge on any atom is 0.224 e. The molecule has 86 valence electrons. The highest BCUT2D eigenvalue weighted by molar-refractivity contribution is 5.99. The molecule has 2 amide bonds. The van der Waals surface area contributed by atoms with E-state index in [1.165, 1.54) is 0 Å². The van der Waals surface area contributed by atoms with Crippen LogP contribution in [0.1, 0.15) is 26.7 Å². The minimum atomic E-state index is -0.0711. The lowest BCUT2D eigenvalue weighted by Gasteiger charge is -2.10. The van der Waals surface area contributed by atoms with E-state index in [-0.39, 0.29) is 11.8 Å². The molecule has 0 fully saturated rings. The average molecular weight is 220 g/mol. The van der Waals surface area contributed by atoms with Gasteiger partial charge < -0.3 is 10.6 Å². The molecule has 0 aromatic heterocycles. The Hall–Kier alpha value is -1.84. The monoisotopic (exact) mass is 220 g/mol. The van der Waals surface area contributed by atoms with Gasteiger partial charge >= 0.3 is 0 Å². The molecule has 1 rings (SSSR count). The molecule has 2 N–H and O–H groups in total. The Labute approximate surface area is 95.0 Å². The number of hydrogen-bond donors (Lipinski definition) is 2. The van der Waals surface area contributed by atoms with Crippen LogP contribution in [0, 0.1) is 0 Å². The van der Waals surface area contributed by atoms with E-state index in [0.29, 0.717) is 24.2 Å². The minimum absolute atomic E-state index is 0.0711. The van der Waals surface area contributed by atoms with E-state index in [4.69, 9.17) is 0 Å². The molecule has 0 bridgehead atoms. The second kappa shape index (κ2) is 5.90. The summed E-state index contributed by atoms with van der Waals surface area (Å²) >= 11 is 0. The van der Waals surface area contributed by atoms with Gasteiger partial charge in [-0.3, -0.25) is 9.59 Å². The van der Waals surface area contributed by atoms with Crippen LogP contribution in [0.15, 0.2) is 24.3 Å². The van der Waals surface area contributed by atoms with Gasteiger partial charge in [-0.2, -0.15) is 0 Å². The molecule has 0 radical (unpaired) electrons. The highest BCUT2D eigenvalue weighted by Gasteiger charge is 2.06. The Balaban J connectivity index is 2.83. The molecule has 0 aliphatic heterocycles. The van der Waals surface area contributed by atoms with E-state index in [1.807, 2.05) is 12.1 Å². The van der Waals surface area contributed by atoms with Crippen LogP contribution in [-0.2, 0) is 9.59 Å². The molecule has 0 saturated carbocycles. The molecule has 0 aliphatic rings. The van der Waals surface area contributed by atoms with Crippen LogP contribution in [0.2, 0.25) is 0 Å². The molecule has 0 aliphatic carbocycles. The number of carbonyl (C=O) groups is 2. The third-order valence-electron chi connectivity index (χ3n) is 2.12. The fourth-order valence-corrected chi connectivity index (χ4v) is 1.18. The lowest BCUT2D eigenvalue weighted by Crippen LogP contribution is -2.14. The third-order valence-corrected chi connectivity index (χ3v) is 2.12. The number of carbonyl (C=O) groups excluding carboxylic acids is 2. The van der Waals surface area contributed by atoms with Crippen LogP contribution in [0.4, 0.5) is 11.4 Å². The molecule has 4 heteroatoms. The van der Waals surface area contributed by atoms with Gasteiger partial charge in [-0.05, 0) is 12.1 Å². The van der Waals surface area contributed by atoms with Crippen molar-refractivity contribution in [1.82, 2.24) is 0 Å².